The van der Waals surface area contributed by atoms with Crippen LogP contribution < -0.4 is 0 Å². The number of thiazole rings is 1. The molecule has 3 rings (SSSR count). The van der Waals surface area contributed by atoms with E-state index in [1.807, 2.05) is 54.6 Å². The highest BCUT2D eigenvalue weighted by Crippen LogP contribution is 2.34. The predicted molar refractivity (Wildman–Crippen MR) is 98.2 cm³/mol. The predicted octanol–water partition coefficient (Wildman–Crippen LogP) is 5.56. The fraction of sp³-hybridized carbons (Fsp3) is 0. The molecule has 0 saturated carbocycles. The maximum Gasteiger partial charge on any atom is 0.156 e. The van der Waals surface area contributed by atoms with Gasteiger partial charge < -0.3 is 0 Å². The highest BCUT2D eigenvalue weighted by atomic mass is 127. The zero-order chi connectivity index (χ0) is 14.7. The molecule has 2 nitrogen and oxygen atoms in total. The smallest absolute Gasteiger partial charge is 0.156 e. The first-order valence-corrected chi connectivity index (χ1v) is 8.87. The summed E-state index contributed by atoms with van der Waals surface area (Å²) in [5.41, 5.74) is 2.04. The van der Waals surface area contributed by atoms with Crippen LogP contribution >= 0.6 is 45.7 Å². The number of fused-ring (bicyclic) bond motifs is 1. The molecule has 0 amide bonds. The minimum atomic E-state index is 0.651. The molecule has 1 aromatic heterocycles. The molecule has 2 aromatic carbocycles. The van der Waals surface area contributed by atoms with Gasteiger partial charge in [-0.25, -0.2) is 4.98 Å². The molecular weight excluding hydrogens is 411 g/mol. The third kappa shape index (κ3) is 3.46. The number of rotatable bonds is 3. The van der Waals surface area contributed by atoms with Crippen molar-refractivity contribution in [2.75, 3.05) is 0 Å². The molecule has 0 radical (unpaired) electrons. The molecule has 0 aliphatic heterocycles. The number of nitriles is 1. The molecular formula is C16H9IN2S2. The van der Waals surface area contributed by atoms with Crippen molar-refractivity contribution in [2.24, 2.45) is 0 Å². The van der Waals surface area contributed by atoms with Gasteiger partial charge in [-0.05, 0) is 64.2 Å². The van der Waals surface area contributed by atoms with Crippen LogP contribution in [-0.2, 0) is 0 Å². The molecule has 0 aliphatic rings. The van der Waals surface area contributed by atoms with E-state index in [2.05, 4.69) is 33.6 Å². The second-order valence-electron chi connectivity index (χ2n) is 4.19. The van der Waals surface area contributed by atoms with Gasteiger partial charge in [-0.3, -0.25) is 0 Å². The Bertz CT molecular complexity index is 829. The molecule has 1 heterocycles. The summed E-state index contributed by atoms with van der Waals surface area (Å²) in [6, 6.07) is 18.3. The van der Waals surface area contributed by atoms with Crippen LogP contribution in [0.15, 0.2) is 57.8 Å². The van der Waals surface area contributed by atoms with E-state index in [-0.39, 0.29) is 0 Å². The highest BCUT2D eigenvalue weighted by molar-refractivity contribution is 14.1. The second-order valence-corrected chi connectivity index (χ2v) is 7.67. The molecule has 102 valence electrons. The Balaban J connectivity index is 1.91. The summed E-state index contributed by atoms with van der Waals surface area (Å²) in [5, 5.41) is 9.35. The van der Waals surface area contributed by atoms with Gasteiger partial charge in [0.05, 0.1) is 15.1 Å². The van der Waals surface area contributed by atoms with Crippen LogP contribution in [0.3, 0.4) is 0 Å². The zero-order valence-electron chi connectivity index (χ0n) is 10.8. The van der Waals surface area contributed by atoms with Crippen LogP contribution in [0.5, 0.6) is 0 Å². The summed E-state index contributed by atoms with van der Waals surface area (Å²) < 4.78 is 3.18. The van der Waals surface area contributed by atoms with Crippen molar-refractivity contribution in [1.29, 1.82) is 5.26 Å². The Morgan fingerprint density at radius 2 is 1.95 bits per heavy atom. The van der Waals surface area contributed by atoms with Gasteiger partial charge in [0.1, 0.15) is 6.07 Å². The van der Waals surface area contributed by atoms with Crippen LogP contribution in [0.2, 0.25) is 0 Å². The molecule has 5 heteroatoms. The molecule has 0 fully saturated rings. The Morgan fingerprint density at radius 3 is 2.71 bits per heavy atom. The molecule has 0 atom stereocenters. The van der Waals surface area contributed by atoms with Crippen LogP contribution in [0.1, 0.15) is 5.56 Å². The van der Waals surface area contributed by atoms with Gasteiger partial charge in [0.2, 0.25) is 0 Å². The molecule has 3 aromatic rings. The molecule has 0 spiro atoms. The minimum Gasteiger partial charge on any atom is -0.229 e. The quantitative estimate of drug-likeness (QED) is 0.316. The number of thioether (sulfide) groups is 1. The lowest BCUT2D eigenvalue weighted by molar-refractivity contribution is 1.31. The van der Waals surface area contributed by atoms with Gasteiger partial charge >= 0.3 is 0 Å². The number of hydrogen-bond acceptors (Lipinski definition) is 4. The van der Waals surface area contributed by atoms with E-state index in [0.717, 1.165) is 23.7 Å². The monoisotopic (exact) mass is 420 g/mol. The van der Waals surface area contributed by atoms with Gasteiger partial charge in [0.15, 0.2) is 4.34 Å². The third-order valence-electron chi connectivity index (χ3n) is 2.77. The summed E-state index contributed by atoms with van der Waals surface area (Å²) in [6.07, 6.45) is 1.92. The number of nitrogens with zero attached hydrogens (tertiary/aromatic N) is 2. The number of para-hydroxylation sites is 1. The summed E-state index contributed by atoms with van der Waals surface area (Å²) in [6.45, 7) is 0. The average Bonchev–Trinajstić information content (AvgIpc) is 2.91. The SMILES string of the molecule is N#CC(=Cc1ccccc1I)Sc1nc2ccccc2s1. The van der Waals surface area contributed by atoms with E-state index >= 15 is 0 Å². The lowest BCUT2D eigenvalue weighted by atomic mass is 10.2. The van der Waals surface area contributed by atoms with Crippen LogP contribution in [0.25, 0.3) is 16.3 Å². The van der Waals surface area contributed by atoms with E-state index in [9.17, 15) is 5.26 Å². The first-order valence-electron chi connectivity index (χ1n) is 6.16. The first-order chi connectivity index (χ1) is 10.3. The van der Waals surface area contributed by atoms with E-state index in [4.69, 9.17) is 0 Å². The van der Waals surface area contributed by atoms with Crippen molar-refractivity contribution >= 4 is 62.0 Å². The fourth-order valence-corrected chi connectivity index (χ4v) is 4.32. The lowest BCUT2D eigenvalue weighted by Crippen LogP contribution is -1.80. The number of aromatic nitrogens is 1. The van der Waals surface area contributed by atoms with Crippen molar-refractivity contribution in [3.63, 3.8) is 0 Å². The number of benzene rings is 2. The van der Waals surface area contributed by atoms with Gasteiger partial charge in [-0.15, -0.1) is 11.3 Å². The minimum absolute atomic E-state index is 0.651. The molecule has 0 aliphatic carbocycles. The van der Waals surface area contributed by atoms with Gasteiger partial charge in [-0.1, -0.05) is 30.3 Å². The maximum absolute atomic E-state index is 9.35. The Labute approximate surface area is 144 Å². The molecule has 0 saturated heterocycles. The van der Waals surface area contributed by atoms with E-state index in [0.29, 0.717) is 4.91 Å². The fourth-order valence-electron chi connectivity index (χ4n) is 1.81. The topological polar surface area (TPSA) is 36.7 Å². The van der Waals surface area contributed by atoms with E-state index in [1.165, 1.54) is 11.8 Å². The van der Waals surface area contributed by atoms with Gasteiger partial charge in [-0.2, -0.15) is 5.26 Å². The van der Waals surface area contributed by atoms with Gasteiger partial charge in [0, 0.05) is 3.57 Å². The van der Waals surface area contributed by atoms with Crippen molar-refractivity contribution in [3.8, 4) is 6.07 Å². The third-order valence-corrected chi connectivity index (χ3v) is 5.78. The Kier molecular flexibility index (Phi) is 4.58. The maximum atomic E-state index is 9.35. The summed E-state index contributed by atoms with van der Waals surface area (Å²) in [7, 11) is 0. The number of allylic oxidation sites excluding steroid dienone is 1. The largest absolute Gasteiger partial charge is 0.229 e. The normalized spacial score (nSPS) is 11.5. The Hall–Kier alpha value is -1.36. The number of halogens is 1. The van der Waals surface area contributed by atoms with Crippen LogP contribution in [0.4, 0.5) is 0 Å². The second kappa shape index (κ2) is 6.60. The van der Waals surface area contributed by atoms with E-state index in [1.54, 1.807) is 11.3 Å². The summed E-state index contributed by atoms with van der Waals surface area (Å²) >= 11 is 5.31. The molecule has 0 bridgehead atoms. The molecule has 0 N–H and O–H groups in total. The molecule has 21 heavy (non-hydrogen) atoms. The number of hydrogen-bond donors (Lipinski definition) is 0. The van der Waals surface area contributed by atoms with Crippen molar-refractivity contribution in [3.05, 3.63) is 62.6 Å². The lowest BCUT2D eigenvalue weighted by Gasteiger charge is -1.99. The average molecular weight is 420 g/mol. The van der Waals surface area contributed by atoms with Crippen LogP contribution in [0, 0.1) is 14.9 Å². The zero-order valence-corrected chi connectivity index (χ0v) is 14.6. The first kappa shape index (κ1) is 14.6. The summed E-state index contributed by atoms with van der Waals surface area (Å²) in [4.78, 5) is 5.20. The summed E-state index contributed by atoms with van der Waals surface area (Å²) in [5.74, 6) is 0. The molecule has 0 unspecified atom stereocenters. The van der Waals surface area contributed by atoms with Crippen molar-refractivity contribution in [1.82, 2.24) is 4.98 Å². The van der Waals surface area contributed by atoms with E-state index < -0.39 is 0 Å². The van der Waals surface area contributed by atoms with Crippen molar-refractivity contribution < 1.29 is 0 Å². The van der Waals surface area contributed by atoms with Gasteiger partial charge in [0.25, 0.3) is 0 Å². The highest BCUT2D eigenvalue weighted by Gasteiger charge is 2.07. The van der Waals surface area contributed by atoms with Crippen LogP contribution in [-0.4, -0.2) is 4.98 Å². The standard InChI is InChI=1S/C16H9IN2S2/c17-13-6-2-1-5-11(13)9-12(10-18)20-16-19-14-7-3-4-8-15(14)21-16/h1-9H. The Morgan fingerprint density at radius 1 is 1.19 bits per heavy atom. The van der Waals surface area contributed by atoms with Crippen molar-refractivity contribution in [2.45, 2.75) is 4.34 Å².